The van der Waals surface area contributed by atoms with E-state index in [4.69, 9.17) is 9.47 Å². The lowest BCUT2D eigenvalue weighted by molar-refractivity contribution is -0.124. The van der Waals surface area contributed by atoms with Crippen LogP contribution in [0.25, 0.3) is 0 Å². The molecule has 2 aliphatic rings. The molecule has 154 valence electrons. The van der Waals surface area contributed by atoms with Crippen LogP contribution in [0.5, 0.6) is 11.5 Å². The zero-order valence-electron chi connectivity index (χ0n) is 17.5. The second-order valence-corrected chi connectivity index (χ2v) is 8.28. The van der Waals surface area contributed by atoms with Crippen molar-refractivity contribution in [3.05, 3.63) is 59.2 Å². The van der Waals surface area contributed by atoms with E-state index in [2.05, 4.69) is 31.3 Å². The Morgan fingerprint density at radius 1 is 1.10 bits per heavy atom. The first-order valence-electron chi connectivity index (χ1n) is 10.9. The Morgan fingerprint density at radius 3 is 2.66 bits per heavy atom. The molecule has 4 nitrogen and oxygen atoms in total. The lowest BCUT2D eigenvalue weighted by Gasteiger charge is -2.41. The molecule has 1 aliphatic heterocycles. The number of fused-ring (bicyclic) bond motifs is 2. The van der Waals surface area contributed by atoms with Crippen molar-refractivity contribution in [3.63, 3.8) is 0 Å². The first-order valence-corrected chi connectivity index (χ1v) is 10.9. The van der Waals surface area contributed by atoms with Crippen molar-refractivity contribution in [1.29, 1.82) is 0 Å². The number of nitrogens with one attached hydrogen (secondary N) is 1. The fraction of sp³-hybridized carbons (Fsp3) is 0.480. The SMILES string of the molecule is CCC1(CC)C[C@H](NC(=O)COc2ccc3c(c2)CCCC3)c2ccccc2O1. The van der Waals surface area contributed by atoms with Crippen molar-refractivity contribution in [2.24, 2.45) is 0 Å². The van der Waals surface area contributed by atoms with Crippen molar-refractivity contribution in [1.82, 2.24) is 5.32 Å². The topological polar surface area (TPSA) is 47.6 Å². The number of ether oxygens (including phenoxy) is 2. The summed E-state index contributed by atoms with van der Waals surface area (Å²) in [5.41, 5.74) is 3.60. The van der Waals surface area contributed by atoms with Crippen LogP contribution in [0.1, 0.15) is 68.7 Å². The van der Waals surface area contributed by atoms with Crippen molar-refractivity contribution in [2.75, 3.05) is 6.61 Å². The molecule has 1 heterocycles. The quantitative estimate of drug-likeness (QED) is 0.739. The third-order valence-corrected chi connectivity index (χ3v) is 6.51. The lowest BCUT2D eigenvalue weighted by Crippen LogP contribution is -2.45. The first kappa shape index (κ1) is 19.8. The Labute approximate surface area is 173 Å². The molecule has 1 aliphatic carbocycles. The molecule has 1 atom stereocenters. The minimum Gasteiger partial charge on any atom is -0.487 e. The second-order valence-electron chi connectivity index (χ2n) is 8.28. The Balaban J connectivity index is 1.42. The summed E-state index contributed by atoms with van der Waals surface area (Å²) in [5, 5.41) is 3.19. The van der Waals surface area contributed by atoms with Gasteiger partial charge in [0.05, 0.1) is 6.04 Å². The summed E-state index contributed by atoms with van der Waals surface area (Å²) < 4.78 is 12.2. The Kier molecular flexibility index (Phi) is 5.79. The molecule has 0 fully saturated rings. The summed E-state index contributed by atoms with van der Waals surface area (Å²) in [7, 11) is 0. The van der Waals surface area contributed by atoms with Gasteiger partial charge in [-0.15, -0.1) is 0 Å². The van der Waals surface area contributed by atoms with E-state index in [1.54, 1.807) is 0 Å². The van der Waals surface area contributed by atoms with Gasteiger partial charge in [0.2, 0.25) is 0 Å². The van der Waals surface area contributed by atoms with E-state index in [9.17, 15) is 4.79 Å². The van der Waals surface area contributed by atoms with Crippen LogP contribution in [0.3, 0.4) is 0 Å². The summed E-state index contributed by atoms with van der Waals surface area (Å²) >= 11 is 0. The van der Waals surface area contributed by atoms with Crippen LogP contribution in [0.2, 0.25) is 0 Å². The molecule has 29 heavy (non-hydrogen) atoms. The Bertz CT molecular complexity index is 872. The van der Waals surface area contributed by atoms with Crippen LogP contribution in [0.15, 0.2) is 42.5 Å². The highest BCUT2D eigenvalue weighted by Gasteiger charge is 2.38. The van der Waals surface area contributed by atoms with E-state index in [-0.39, 0.29) is 24.2 Å². The molecule has 0 spiro atoms. The van der Waals surface area contributed by atoms with Gasteiger partial charge in [-0.3, -0.25) is 4.79 Å². The number of hydrogen-bond acceptors (Lipinski definition) is 3. The standard InChI is InChI=1S/C25H31NO3/c1-3-25(4-2)16-22(21-11-7-8-12-23(21)29-25)26-24(27)17-28-20-14-13-18-9-5-6-10-19(18)15-20/h7-8,11-15,22H,3-6,9-10,16-17H2,1-2H3,(H,26,27)/t22-/m0/s1. The minimum absolute atomic E-state index is 0.0313. The minimum atomic E-state index is -0.231. The van der Waals surface area contributed by atoms with Crippen molar-refractivity contribution < 1.29 is 14.3 Å². The summed E-state index contributed by atoms with van der Waals surface area (Å²) in [4.78, 5) is 12.7. The number of amides is 1. The highest BCUT2D eigenvalue weighted by atomic mass is 16.5. The Hall–Kier alpha value is -2.49. The monoisotopic (exact) mass is 393 g/mol. The molecule has 1 N–H and O–H groups in total. The number of benzene rings is 2. The average Bonchev–Trinajstić information content (AvgIpc) is 2.77. The number of carbonyl (C=O) groups is 1. The maximum atomic E-state index is 12.7. The van der Waals surface area contributed by atoms with Crippen LogP contribution in [-0.4, -0.2) is 18.1 Å². The van der Waals surface area contributed by atoms with Gasteiger partial charge in [-0.05, 0) is 67.9 Å². The summed E-state index contributed by atoms with van der Waals surface area (Å²) in [6.07, 6.45) is 7.35. The number of rotatable bonds is 6. The molecule has 2 aromatic carbocycles. The van der Waals surface area contributed by atoms with Gasteiger partial charge in [0.15, 0.2) is 6.61 Å². The van der Waals surface area contributed by atoms with Gasteiger partial charge >= 0.3 is 0 Å². The molecule has 0 saturated carbocycles. The largest absolute Gasteiger partial charge is 0.487 e. The van der Waals surface area contributed by atoms with E-state index >= 15 is 0 Å². The second kappa shape index (κ2) is 8.48. The third kappa shape index (κ3) is 4.26. The summed E-state index contributed by atoms with van der Waals surface area (Å²) in [6, 6.07) is 14.2. The van der Waals surface area contributed by atoms with Gasteiger partial charge in [0.25, 0.3) is 5.91 Å². The van der Waals surface area contributed by atoms with E-state index in [1.165, 1.54) is 24.0 Å². The number of hydrogen-bond donors (Lipinski definition) is 1. The highest BCUT2D eigenvalue weighted by molar-refractivity contribution is 5.78. The molecule has 0 unspecified atom stereocenters. The average molecular weight is 394 g/mol. The van der Waals surface area contributed by atoms with Gasteiger partial charge in [-0.1, -0.05) is 38.1 Å². The zero-order chi connectivity index (χ0) is 20.3. The van der Waals surface area contributed by atoms with Gasteiger partial charge in [-0.25, -0.2) is 0 Å². The molecule has 1 amide bonds. The van der Waals surface area contributed by atoms with Crippen molar-refractivity contribution in [3.8, 4) is 11.5 Å². The predicted octanol–water partition coefficient (Wildman–Crippen LogP) is 5.14. The van der Waals surface area contributed by atoms with Crippen LogP contribution in [-0.2, 0) is 17.6 Å². The van der Waals surface area contributed by atoms with Crippen LogP contribution < -0.4 is 14.8 Å². The maximum absolute atomic E-state index is 12.7. The predicted molar refractivity (Wildman–Crippen MR) is 114 cm³/mol. The van der Waals surface area contributed by atoms with Crippen molar-refractivity contribution in [2.45, 2.75) is 70.4 Å². The molecule has 0 bridgehead atoms. The van der Waals surface area contributed by atoms with Gasteiger partial charge in [0.1, 0.15) is 17.1 Å². The molecular weight excluding hydrogens is 362 g/mol. The molecular formula is C25H31NO3. The first-order chi connectivity index (χ1) is 14.1. The molecule has 2 aromatic rings. The van der Waals surface area contributed by atoms with Gasteiger partial charge < -0.3 is 14.8 Å². The smallest absolute Gasteiger partial charge is 0.258 e. The lowest BCUT2D eigenvalue weighted by atomic mass is 9.83. The van der Waals surface area contributed by atoms with E-state index in [1.807, 2.05) is 30.3 Å². The highest BCUT2D eigenvalue weighted by Crippen LogP contribution is 2.42. The van der Waals surface area contributed by atoms with Crippen LogP contribution in [0, 0.1) is 0 Å². The molecule has 4 rings (SSSR count). The van der Waals surface area contributed by atoms with E-state index < -0.39 is 0 Å². The number of carbonyl (C=O) groups excluding carboxylic acids is 1. The maximum Gasteiger partial charge on any atom is 0.258 e. The molecule has 0 saturated heterocycles. The third-order valence-electron chi connectivity index (χ3n) is 6.51. The Morgan fingerprint density at radius 2 is 1.86 bits per heavy atom. The van der Waals surface area contributed by atoms with Crippen molar-refractivity contribution >= 4 is 5.91 Å². The van der Waals surface area contributed by atoms with E-state index in [0.29, 0.717) is 0 Å². The summed E-state index contributed by atoms with van der Waals surface area (Å²) in [5.74, 6) is 1.57. The summed E-state index contributed by atoms with van der Waals surface area (Å²) in [6.45, 7) is 4.33. The number of aryl methyl sites for hydroxylation is 2. The molecule has 0 aromatic heterocycles. The molecule has 0 radical (unpaired) electrons. The van der Waals surface area contributed by atoms with E-state index in [0.717, 1.165) is 49.2 Å². The van der Waals surface area contributed by atoms with Crippen LogP contribution in [0.4, 0.5) is 0 Å². The van der Waals surface area contributed by atoms with Gasteiger partial charge in [-0.2, -0.15) is 0 Å². The molecule has 4 heteroatoms. The fourth-order valence-electron chi connectivity index (χ4n) is 4.61. The van der Waals surface area contributed by atoms with Gasteiger partial charge in [0, 0.05) is 12.0 Å². The number of para-hydroxylation sites is 1. The zero-order valence-corrected chi connectivity index (χ0v) is 17.5. The fourth-order valence-corrected chi connectivity index (χ4v) is 4.61. The van der Waals surface area contributed by atoms with Crippen LogP contribution >= 0.6 is 0 Å². The normalized spacial score (nSPS) is 19.4.